The van der Waals surface area contributed by atoms with Gasteiger partial charge in [-0.1, -0.05) is 0 Å². The van der Waals surface area contributed by atoms with Crippen molar-refractivity contribution >= 4 is 33.2 Å². The fourth-order valence-corrected chi connectivity index (χ4v) is 2.64. The summed E-state index contributed by atoms with van der Waals surface area (Å²) in [4.78, 5) is 20.4. The van der Waals surface area contributed by atoms with Gasteiger partial charge in [-0.25, -0.2) is 9.97 Å². The third-order valence-corrected chi connectivity index (χ3v) is 4.13. The molecule has 6 heteroatoms. The van der Waals surface area contributed by atoms with Crippen molar-refractivity contribution in [3.63, 3.8) is 0 Å². The fourth-order valence-electron chi connectivity index (χ4n) is 1.49. The van der Waals surface area contributed by atoms with Crippen molar-refractivity contribution in [3.05, 3.63) is 45.1 Å². The molecule has 2 aromatic rings. The molecule has 0 atom stereocenters. The van der Waals surface area contributed by atoms with Gasteiger partial charge in [0.15, 0.2) is 0 Å². The summed E-state index contributed by atoms with van der Waals surface area (Å²) in [5, 5.41) is 5.72. The van der Waals surface area contributed by atoms with Crippen molar-refractivity contribution in [1.82, 2.24) is 15.3 Å². The maximum absolute atomic E-state index is 12.2. The third kappa shape index (κ3) is 2.76. The molecule has 0 aliphatic rings. The van der Waals surface area contributed by atoms with Crippen LogP contribution in [0.15, 0.2) is 34.5 Å². The highest BCUT2D eigenvalue weighted by atomic mass is 79.9. The predicted octanol–water partition coefficient (Wildman–Crippen LogP) is 2.97. The minimum absolute atomic E-state index is 0.171. The standard InChI is InChI=1S/C12H12BrN3OS/c1-12(2,11-15-6-7-18-11)16-10(17)8-4-3-5-14-9(8)13/h3-7H,1-2H3,(H,16,17). The molecule has 0 saturated heterocycles. The maximum atomic E-state index is 12.2. The second-order valence-corrected chi connectivity index (χ2v) is 5.90. The van der Waals surface area contributed by atoms with Gasteiger partial charge in [0.1, 0.15) is 9.61 Å². The Balaban J connectivity index is 2.20. The summed E-state index contributed by atoms with van der Waals surface area (Å²) in [6.07, 6.45) is 3.36. The Morgan fingerprint density at radius 3 is 2.78 bits per heavy atom. The van der Waals surface area contributed by atoms with Gasteiger partial charge in [0.05, 0.1) is 11.1 Å². The number of thiazole rings is 1. The quantitative estimate of drug-likeness (QED) is 0.882. The third-order valence-electron chi connectivity index (χ3n) is 2.40. The number of aromatic nitrogens is 2. The molecule has 0 saturated carbocycles. The van der Waals surface area contributed by atoms with E-state index in [1.54, 1.807) is 24.5 Å². The molecule has 0 aromatic carbocycles. The number of pyridine rings is 1. The Kier molecular flexibility index (Phi) is 3.77. The zero-order chi connectivity index (χ0) is 13.2. The van der Waals surface area contributed by atoms with E-state index in [1.807, 2.05) is 19.2 Å². The van der Waals surface area contributed by atoms with Crippen LogP contribution in [0.2, 0.25) is 0 Å². The largest absolute Gasteiger partial charge is 0.341 e. The van der Waals surface area contributed by atoms with Gasteiger partial charge in [0.2, 0.25) is 0 Å². The maximum Gasteiger partial charge on any atom is 0.254 e. The molecule has 0 aliphatic heterocycles. The van der Waals surface area contributed by atoms with Crippen molar-refractivity contribution in [2.75, 3.05) is 0 Å². The van der Waals surface area contributed by atoms with Crippen molar-refractivity contribution < 1.29 is 4.79 Å². The number of carbonyl (C=O) groups excluding carboxylic acids is 1. The van der Waals surface area contributed by atoms with Gasteiger partial charge in [0, 0.05) is 17.8 Å². The molecular weight excluding hydrogens is 314 g/mol. The van der Waals surface area contributed by atoms with Crippen LogP contribution in [0, 0.1) is 0 Å². The zero-order valence-corrected chi connectivity index (χ0v) is 12.4. The van der Waals surface area contributed by atoms with E-state index in [4.69, 9.17) is 0 Å². The lowest BCUT2D eigenvalue weighted by Crippen LogP contribution is -2.41. The Labute approximate surface area is 118 Å². The van der Waals surface area contributed by atoms with E-state index in [0.717, 1.165) is 5.01 Å². The number of rotatable bonds is 3. The molecule has 0 fully saturated rings. The molecule has 0 bridgehead atoms. The van der Waals surface area contributed by atoms with Gasteiger partial charge in [-0.2, -0.15) is 0 Å². The second-order valence-electron chi connectivity index (χ2n) is 4.26. The lowest BCUT2D eigenvalue weighted by molar-refractivity contribution is 0.0910. The Hall–Kier alpha value is -1.27. The van der Waals surface area contributed by atoms with Crippen LogP contribution in [0.3, 0.4) is 0 Å². The minimum atomic E-state index is -0.499. The molecule has 1 amide bonds. The first-order valence-electron chi connectivity index (χ1n) is 5.34. The van der Waals surface area contributed by atoms with Crippen LogP contribution < -0.4 is 5.32 Å². The first-order chi connectivity index (χ1) is 8.50. The average molecular weight is 326 g/mol. The summed E-state index contributed by atoms with van der Waals surface area (Å²) in [5.41, 5.74) is 0.0164. The summed E-state index contributed by atoms with van der Waals surface area (Å²) in [7, 11) is 0. The lowest BCUT2D eigenvalue weighted by atomic mass is 10.1. The molecule has 2 aromatic heterocycles. The van der Waals surface area contributed by atoms with Crippen LogP contribution in [0.25, 0.3) is 0 Å². The number of nitrogens with zero attached hydrogens (tertiary/aromatic N) is 2. The number of hydrogen-bond donors (Lipinski definition) is 1. The number of hydrogen-bond acceptors (Lipinski definition) is 4. The fraction of sp³-hybridized carbons (Fsp3) is 0.250. The van der Waals surface area contributed by atoms with E-state index >= 15 is 0 Å². The van der Waals surface area contributed by atoms with Crippen LogP contribution in [-0.4, -0.2) is 15.9 Å². The zero-order valence-electron chi connectivity index (χ0n) is 9.98. The van der Waals surface area contributed by atoms with E-state index in [-0.39, 0.29) is 5.91 Å². The molecule has 4 nitrogen and oxygen atoms in total. The van der Waals surface area contributed by atoms with Crippen LogP contribution in [0.1, 0.15) is 29.2 Å². The molecular formula is C12H12BrN3OS. The van der Waals surface area contributed by atoms with Crippen LogP contribution in [-0.2, 0) is 5.54 Å². The number of halogens is 1. The monoisotopic (exact) mass is 325 g/mol. The van der Waals surface area contributed by atoms with E-state index in [9.17, 15) is 4.79 Å². The normalized spacial score (nSPS) is 11.3. The molecule has 94 valence electrons. The SMILES string of the molecule is CC(C)(NC(=O)c1cccnc1Br)c1nccs1. The van der Waals surface area contributed by atoms with E-state index in [1.165, 1.54) is 11.3 Å². The van der Waals surface area contributed by atoms with Crippen molar-refractivity contribution in [2.24, 2.45) is 0 Å². The highest BCUT2D eigenvalue weighted by molar-refractivity contribution is 9.10. The second kappa shape index (κ2) is 5.16. The molecule has 18 heavy (non-hydrogen) atoms. The lowest BCUT2D eigenvalue weighted by Gasteiger charge is -2.23. The van der Waals surface area contributed by atoms with Gasteiger partial charge in [-0.05, 0) is 41.9 Å². The molecule has 2 rings (SSSR count). The van der Waals surface area contributed by atoms with Gasteiger partial charge in [-0.15, -0.1) is 11.3 Å². The minimum Gasteiger partial charge on any atom is -0.341 e. The summed E-state index contributed by atoms with van der Waals surface area (Å²) < 4.78 is 0.539. The molecule has 0 unspecified atom stereocenters. The van der Waals surface area contributed by atoms with E-state index in [0.29, 0.717) is 10.2 Å². The first-order valence-corrected chi connectivity index (χ1v) is 7.01. The van der Waals surface area contributed by atoms with Crippen molar-refractivity contribution in [1.29, 1.82) is 0 Å². The van der Waals surface area contributed by atoms with E-state index < -0.39 is 5.54 Å². The first kappa shape index (κ1) is 13.2. The van der Waals surface area contributed by atoms with Crippen molar-refractivity contribution in [3.8, 4) is 0 Å². The number of nitrogens with one attached hydrogen (secondary N) is 1. The number of amides is 1. The number of carbonyl (C=O) groups is 1. The topological polar surface area (TPSA) is 54.9 Å². The van der Waals surface area contributed by atoms with Gasteiger partial charge >= 0.3 is 0 Å². The summed E-state index contributed by atoms with van der Waals surface area (Å²) in [6.45, 7) is 3.85. The average Bonchev–Trinajstić information content (AvgIpc) is 2.82. The van der Waals surface area contributed by atoms with Crippen LogP contribution in [0.5, 0.6) is 0 Å². The van der Waals surface area contributed by atoms with E-state index in [2.05, 4.69) is 31.2 Å². The Morgan fingerprint density at radius 2 is 2.17 bits per heavy atom. The van der Waals surface area contributed by atoms with Crippen LogP contribution in [0.4, 0.5) is 0 Å². The van der Waals surface area contributed by atoms with Gasteiger partial charge in [-0.3, -0.25) is 4.79 Å². The Morgan fingerprint density at radius 1 is 1.39 bits per heavy atom. The highest BCUT2D eigenvalue weighted by Gasteiger charge is 2.26. The molecule has 0 aliphatic carbocycles. The predicted molar refractivity (Wildman–Crippen MR) is 74.5 cm³/mol. The summed E-state index contributed by atoms with van der Waals surface area (Å²) >= 11 is 4.79. The smallest absolute Gasteiger partial charge is 0.254 e. The van der Waals surface area contributed by atoms with Gasteiger partial charge < -0.3 is 5.32 Å². The molecule has 0 spiro atoms. The van der Waals surface area contributed by atoms with Gasteiger partial charge in [0.25, 0.3) is 5.91 Å². The molecule has 0 radical (unpaired) electrons. The Bertz CT molecular complexity index is 554. The molecule has 2 heterocycles. The highest BCUT2D eigenvalue weighted by Crippen LogP contribution is 2.23. The van der Waals surface area contributed by atoms with Crippen molar-refractivity contribution in [2.45, 2.75) is 19.4 Å². The molecule has 1 N–H and O–H groups in total. The van der Waals surface area contributed by atoms with Crippen LogP contribution >= 0.6 is 27.3 Å². The summed E-state index contributed by atoms with van der Waals surface area (Å²) in [5.74, 6) is -0.171. The summed E-state index contributed by atoms with van der Waals surface area (Å²) in [6, 6.07) is 3.46.